The molecule has 0 spiro atoms. The van der Waals surface area contributed by atoms with E-state index in [1.165, 1.54) is 86.7 Å². The number of anilines is 1. The zero-order valence-electron chi connectivity index (χ0n) is 27.0. The third kappa shape index (κ3) is 3.67. The van der Waals surface area contributed by atoms with Crippen LogP contribution in [0.1, 0.15) is 65.3 Å². The molecule has 3 atom stereocenters. The van der Waals surface area contributed by atoms with Gasteiger partial charge in [0.15, 0.2) is 5.60 Å². The largest absolute Gasteiger partial charge is 0.472 e. The van der Waals surface area contributed by atoms with Crippen molar-refractivity contribution in [2.75, 3.05) is 19.0 Å². The first-order valence-corrected chi connectivity index (χ1v) is 17.2. The predicted molar refractivity (Wildman–Crippen MR) is 195 cm³/mol. The fourth-order valence-electron chi connectivity index (χ4n) is 9.44. The molecule has 0 aromatic heterocycles. The van der Waals surface area contributed by atoms with Gasteiger partial charge in [0.25, 0.3) is 0 Å². The third-order valence-electron chi connectivity index (χ3n) is 11.5. The van der Waals surface area contributed by atoms with Gasteiger partial charge >= 0.3 is 0 Å². The molecule has 0 N–H and O–H groups in total. The van der Waals surface area contributed by atoms with Crippen molar-refractivity contribution in [1.29, 1.82) is 0 Å². The highest BCUT2D eigenvalue weighted by Gasteiger charge is 2.44. The lowest BCUT2D eigenvalue weighted by molar-refractivity contribution is 0.163. The summed E-state index contributed by atoms with van der Waals surface area (Å²) in [6.07, 6.45) is 9.82. The minimum atomic E-state index is -0.752. The summed E-state index contributed by atoms with van der Waals surface area (Å²) >= 11 is 0. The Labute approximate surface area is 277 Å². The molecular formula is C45H37NO. The van der Waals surface area contributed by atoms with Crippen molar-refractivity contribution in [3.8, 4) is 39.1 Å². The highest BCUT2D eigenvalue weighted by Crippen LogP contribution is 2.63. The Kier molecular flexibility index (Phi) is 5.74. The van der Waals surface area contributed by atoms with E-state index in [0.29, 0.717) is 11.8 Å². The van der Waals surface area contributed by atoms with Crippen LogP contribution in [-0.4, -0.2) is 14.1 Å². The van der Waals surface area contributed by atoms with E-state index in [4.69, 9.17) is 4.74 Å². The maximum atomic E-state index is 7.64. The third-order valence-corrected chi connectivity index (χ3v) is 11.5. The summed E-state index contributed by atoms with van der Waals surface area (Å²) in [5.74, 6) is 2.03. The number of hydrogen-bond acceptors (Lipinski definition) is 2. The molecule has 6 aromatic rings. The van der Waals surface area contributed by atoms with Crippen molar-refractivity contribution < 1.29 is 4.74 Å². The summed E-state index contributed by atoms with van der Waals surface area (Å²) in [5.41, 5.74) is 15.3. The van der Waals surface area contributed by atoms with Gasteiger partial charge in [0.05, 0.1) is 0 Å². The van der Waals surface area contributed by atoms with E-state index in [2.05, 4.69) is 146 Å². The molecule has 1 aliphatic heterocycles. The molecule has 0 saturated heterocycles. The zero-order valence-corrected chi connectivity index (χ0v) is 27.0. The second-order valence-corrected chi connectivity index (χ2v) is 14.1. The molecular weight excluding hydrogens is 571 g/mol. The molecule has 1 saturated carbocycles. The van der Waals surface area contributed by atoms with Crippen LogP contribution in [0.15, 0.2) is 121 Å². The SMILES string of the molecule is CN(C)c1ccc(C2(c3ccccc3)C=Cc3c4c5c6c(cccc6c3O2)-c2ccccc2-c2cccc(c2-5)C2CCCCC42)cc1. The van der Waals surface area contributed by atoms with Crippen LogP contribution in [-0.2, 0) is 5.60 Å². The Morgan fingerprint density at radius 2 is 1.28 bits per heavy atom. The van der Waals surface area contributed by atoms with E-state index >= 15 is 0 Å². The standard InChI is InChI=1S/C45H37NO/c1-46(2)30-24-22-29(23-25-30)45(28-12-4-3-5-13-28)27-26-39-42-34-17-9-8-16-33(34)37-19-10-18-35-31-14-6-7-15-32(31)36-20-11-21-38(44(39)47-45)41(36)43(42)40(35)37/h3-7,10-15,18-27,33-34H,8-9,16-17H2,1-2H3. The smallest absolute Gasteiger partial charge is 0.178 e. The molecule has 1 heterocycles. The first kappa shape index (κ1) is 27.1. The van der Waals surface area contributed by atoms with Crippen LogP contribution in [0.2, 0.25) is 0 Å². The highest BCUT2D eigenvalue weighted by molar-refractivity contribution is 6.18. The quantitative estimate of drug-likeness (QED) is 0.198. The second kappa shape index (κ2) is 9.96. The molecule has 0 amide bonds. The summed E-state index contributed by atoms with van der Waals surface area (Å²) in [7, 11) is 4.18. The van der Waals surface area contributed by atoms with E-state index in [0.717, 1.165) is 16.9 Å². The number of nitrogens with zero attached hydrogens (tertiary/aromatic N) is 1. The summed E-state index contributed by atoms with van der Waals surface area (Å²) in [4.78, 5) is 2.15. The van der Waals surface area contributed by atoms with E-state index in [1.54, 1.807) is 5.56 Å². The van der Waals surface area contributed by atoms with Crippen LogP contribution < -0.4 is 9.64 Å². The molecule has 3 unspecified atom stereocenters. The number of ether oxygens (including phenoxy) is 1. The number of hydrogen-bond donors (Lipinski definition) is 0. The number of benzene rings is 6. The Hall–Kier alpha value is -5.08. The molecule has 2 heteroatoms. The van der Waals surface area contributed by atoms with E-state index in [9.17, 15) is 0 Å². The zero-order chi connectivity index (χ0) is 31.3. The van der Waals surface area contributed by atoms with Crippen molar-refractivity contribution in [2.45, 2.75) is 43.1 Å². The molecule has 47 heavy (non-hydrogen) atoms. The average molecular weight is 608 g/mol. The molecule has 228 valence electrons. The van der Waals surface area contributed by atoms with Crippen molar-refractivity contribution in [3.05, 3.63) is 149 Å². The van der Waals surface area contributed by atoms with E-state index in [-0.39, 0.29) is 0 Å². The number of rotatable bonds is 3. The summed E-state index contributed by atoms with van der Waals surface area (Å²) < 4.78 is 7.64. The predicted octanol–water partition coefficient (Wildman–Crippen LogP) is 11.3. The lowest BCUT2D eigenvalue weighted by Gasteiger charge is -2.43. The van der Waals surface area contributed by atoms with Crippen molar-refractivity contribution in [1.82, 2.24) is 0 Å². The van der Waals surface area contributed by atoms with E-state index < -0.39 is 5.60 Å². The Bertz CT molecular complexity index is 2260. The van der Waals surface area contributed by atoms with Crippen LogP contribution in [0.25, 0.3) is 50.2 Å². The van der Waals surface area contributed by atoms with Gasteiger partial charge in [0, 0.05) is 47.2 Å². The first-order valence-electron chi connectivity index (χ1n) is 17.2. The molecule has 2 nitrogen and oxygen atoms in total. The molecule has 6 aromatic carbocycles. The van der Waals surface area contributed by atoms with Crippen LogP contribution in [0.5, 0.6) is 5.75 Å². The van der Waals surface area contributed by atoms with Gasteiger partial charge in [-0.1, -0.05) is 122 Å². The van der Waals surface area contributed by atoms with E-state index in [1.807, 2.05) is 0 Å². The van der Waals surface area contributed by atoms with Gasteiger partial charge < -0.3 is 9.64 Å². The van der Waals surface area contributed by atoms with Gasteiger partial charge in [-0.25, -0.2) is 0 Å². The molecule has 4 aliphatic rings. The maximum Gasteiger partial charge on any atom is 0.178 e. The number of fused-ring (bicyclic) bond motifs is 9. The summed E-state index contributed by atoms with van der Waals surface area (Å²) in [5, 5.41) is 2.56. The average Bonchev–Trinajstić information content (AvgIpc) is 3.26. The van der Waals surface area contributed by atoms with Crippen LogP contribution in [0.4, 0.5) is 5.69 Å². The minimum absolute atomic E-state index is 0.478. The maximum absolute atomic E-state index is 7.64. The molecule has 3 aliphatic carbocycles. The highest BCUT2D eigenvalue weighted by atomic mass is 16.5. The Balaban J connectivity index is 1.33. The Morgan fingerprint density at radius 3 is 2.06 bits per heavy atom. The van der Waals surface area contributed by atoms with Crippen molar-refractivity contribution >= 4 is 22.5 Å². The topological polar surface area (TPSA) is 12.5 Å². The molecule has 0 radical (unpaired) electrons. The first-order chi connectivity index (χ1) is 23.1. The van der Waals surface area contributed by atoms with Crippen molar-refractivity contribution in [3.63, 3.8) is 0 Å². The second-order valence-electron chi connectivity index (χ2n) is 14.1. The van der Waals surface area contributed by atoms with Crippen LogP contribution >= 0.6 is 0 Å². The fraction of sp³-hybridized carbons (Fsp3) is 0.200. The van der Waals surface area contributed by atoms with Crippen molar-refractivity contribution in [2.24, 2.45) is 0 Å². The van der Waals surface area contributed by atoms with Gasteiger partial charge in [0.1, 0.15) is 5.75 Å². The summed E-state index contributed by atoms with van der Waals surface area (Å²) in [6, 6.07) is 42.7. The van der Waals surface area contributed by atoms with Crippen LogP contribution in [0, 0.1) is 0 Å². The normalized spacial score (nSPS) is 21.2. The van der Waals surface area contributed by atoms with Crippen LogP contribution in [0.3, 0.4) is 0 Å². The molecule has 10 rings (SSSR count). The molecule has 1 fully saturated rings. The minimum Gasteiger partial charge on any atom is -0.472 e. The molecule has 0 bridgehead atoms. The Morgan fingerprint density at radius 1 is 0.617 bits per heavy atom. The van der Waals surface area contributed by atoms with Gasteiger partial charge in [-0.05, 0) is 87.4 Å². The van der Waals surface area contributed by atoms with Gasteiger partial charge in [-0.3, -0.25) is 0 Å². The van der Waals surface area contributed by atoms with Gasteiger partial charge in [-0.15, -0.1) is 0 Å². The lowest BCUT2D eigenvalue weighted by Crippen LogP contribution is -2.35. The summed E-state index contributed by atoms with van der Waals surface area (Å²) in [6.45, 7) is 0. The monoisotopic (exact) mass is 607 g/mol. The van der Waals surface area contributed by atoms with Gasteiger partial charge in [-0.2, -0.15) is 0 Å². The lowest BCUT2D eigenvalue weighted by atomic mass is 9.62. The van der Waals surface area contributed by atoms with Gasteiger partial charge in [0.2, 0.25) is 0 Å². The fourth-order valence-corrected chi connectivity index (χ4v) is 9.44.